The summed E-state index contributed by atoms with van der Waals surface area (Å²) in [6.45, 7) is 6.42. The second-order valence-corrected chi connectivity index (χ2v) is 5.00. The summed E-state index contributed by atoms with van der Waals surface area (Å²) in [5.41, 5.74) is 5.11. The third-order valence-electron chi connectivity index (χ3n) is 3.31. The molecule has 0 nitrogen and oxygen atoms in total. The van der Waals surface area contributed by atoms with Crippen LogP contribution in [0.1, 0.15) is 35.1 Å². The van der Waals surface area contributed by atoms with E-state index in [2.05, 4.69) is 63.2 Å². The minimum Gasteiger partial charge on any atom is -0.0840 e. The first-order valence-electron chi connectivity index (χ1n) is 5.91. The molecule has 17 heavy (non-hydrogen) atoms. The summed E-state index contributed by atoms with van der Waals surface area (Å²) >= 11 is 6.14. The molecule has 0 heterocycles. The molecule has 1 heteroatoms. The van der Waals surface area contributed by atoms with Gasteiger partial charge in [-0.1, -0.05) is 54.9 Å². The first kappa shape index (κ1) is 12.2. The minimum atomic E-state index is 0.409. The van der Waals surface area contributed by atoms with Crippen molar-refractivity contribution in [1.29, 1.82) is 0 Å². The van der Waals surface area contributed by atoms with Crippen molar-refractivity contribution in [2.75, 3.05) is 0 Å². The molecule has 0 bridgehead atoms. The monoisotopic (exact) mass is 244 g/mol. The van der Waals surface area contributed by atoms with Crippen molar-refractivity contribution in [2.45, 2.75) is 26.7 Å². The van der Waals surface area contributed by atoms with Crippen molar-refractivity contribution in [2.24, 2.45) is 0 Å². The van der Waals surface area contributed by atoms with Crippen molar-refractivity contribution in [1.82, 2.24) is 0 Å². The maximum absolute atomic E-state index is 6.14. The van der Waals surface area contributed by atoms with Gasteiger partial charge in [0.15, 0.2) is 0 Å². The highest BCUT2D eigenvalue weighted by molar-refractivity contribution is 6.31. The summed E-state index contributed by atoms with van der Waals surface area (Å²) in [7, 11) is 0. The average molecular weight is 245 g/mol. The molecule has 2 rings (SSSR count). The van der Waals surface area contributed by atoms with Gasteiger partial charge in [-0.3, -0.25) is 0 Å². The number of benzene rings is 2. The van der Waals surface area contributed by atoms with Crippen molar-refractivity contribution in [3.63, 3.8) is 0 Å². The molecule has 0 aliphatic heterocycles. The zero-order chi connectivity index (χ0) is 12.4. The summed E-state index contributed by atoms with van der Waals surface area (Å²) in [5, 5.41) is 0.853. The molecule has 0 fully saturated rings. The third kappa shape index (κ3) is 2.53. The van der Waals surface area contributed by atoms with Gasteiger partial charge in [0.25, 0.3) is 0 Å². The molecule has 0 spiro atoms. The van der Waals surface area contributed by atoms with Crippen LogP contribution in [0.5, 0.6) is 0 Å². The molecular formula is C16H17Cl. The Kier molecular flexibility index (Phi) is 3.54. The molecule has 0 radical (unpaired) electrons. The van der Waals surface area contributed by atoms with Gasteiger partial charge in [0.1, 0.15) is 0 Å². The van der Waals surface area contributed by atoms with E-state index in [4.69, 9.17) is 11.6 Å². The Balaban J connectivity index is 2.44. The molecule has 1 unspecified atom stereocenters. The van der Waals surface area contributed by atoms with Crippen LogP contribution in [0.3, 0.4) is 0 Å². The van der Waals surface area contributed by atoms with Crippen LogP contribution >= 0.6 is 11.6 Å². The van der Waals surface area contributed by atoms with Crippen LogP contribution in [0, 0.1) is 13.8 Å². The van der Waals surface area contributed by atoms with Crippen LogP contribution < -0.4 is 0 Å². The SMILES string of the molecule is Cc1cc(C(C)c2ccccc2)c(C)cc1Cl. The van der Waals surface area contributed by atoms with E-state index in [9.17, 15) is 0 Å². The van der Waals surface area contributed by atoms with Gasteiger partial charge in [0.05, 0.1) is 0 Å². The first-order valence-corrected chi connectivity index (χ1v) is 6.29. The van der Waals surface area contributed by atoms with E-state index in [1.807, 2.05) is 0 Å². The Morgan fingerprint density at radius 1 is 0.941 bits per heavy atom. The van der Waals surface area contributed by atoms with E-state index in [0.29, 0.717) is 5.92 Å². The zero-order valence-electron chi connectivity index (χ0n) is 10.5. The summed E-state index contributed by atoms with van der Waals surface area (Å²) in [4.78, 5) is 0. The van der Waals surface area contributed by atoms with E-state index < -0.39 is 0 Å². The summed E-state index contributed by atoms with van der Waals surface area (Å²) in [6.07, 6.45) is 0. The lowest BCUT2D eigenvalue weighted by Gasteiger charge is -2.16. The quantitative estimate of drug-likeness (QED) is 0.689. The second kappa shape index (κ2) is 4.93. The number of hydrogen-bond donors (Lipinski definition) is 0. The van der Waals surface area contributed by atoms with Gasteiger partial charge in [-0.05, 0) is 42.2 Å². The van der Waals surface area contributed by atoms with Gasteiger partial charge in [-0.2, -0.15) is 0 Å². The van der Waals surface area contributed by atoms with Gasteiger partial charge in [-0.15, -0.1) is 0 Å². The van der Waals surface area contributed by atoms with Crippen LogP contribution in [0.4, 0.5) is 0 Å². The second-order valence-electron chi connectivity index (χ2n) is 4.59. The summed E-state index contributed by atoms with van der Waals surface area (Å²) < 4.78 is 0. The lowest BCUT2D eigenvalue weighted by molar-refractivity contribution is 0.908. The van der Waals surface area contributed by atoms with Crippen LogP contribution in [0.25, 0.3) is 0 Å². The lowest BCUT2D eigenvalue weighted by atomic mass is 9.89. The van der Waals surface area contributed by atoms with Crippen LogP contribution in [0.15, 0.2) is 42.5 Å². The normalized spacial score (nSPS) is 12.5. The number of rotatable bonds is 2. The topological polar surface area (TPSA) is 0 Å². The zero-order valence-corrected chi connectivity index (χ0v) is 11.3. The van der Waals surface area contributed by atoms with Crippen molar-refractivity contribution in [3.05, 3.63) is 69.7 Å². The molecule has 1 atom stereocenters. The van der Waals surface area contributed by atoms with Crippen LogP contribution in [-0.2, 0) is 0 Å². The maximum Gasteiger partial charge on any atom is 0.0438 e. The summed E-state index contributed by atoms with van der Waals surface area (Å²) in [5.74, 6) is 0.409. The van der Waals surface area contributed by atoms with Crippen molar-refractivity contribution >= 4 is 11.6 Å². The Morgan fingerprint density at radius 3 is 2.24 bits per heavy atom. The fourth-order valence-corrected chi connectivity index (χ4v) is 2.41. The van der Waals surface area contributed by atoms with E-state index in [1.54, 1.807) is 0 Å². The number of hydrogen-bond acceptors (Lipinski definition) is 0. The van der Waals surface area contributed by atoms with Crippen molar-refractivity contribution in [3.8, 4) is 0 Å². The van der Waals surface area contributed by atoms with E-state index in [-0.39, 0.29) is 0 Å². The molecule has 88 valence electrons. The Bertz CT molecular complexity index is 515. The summed E-state index contributed by atoms with van der Waals surface area (Å²) in [6, 6.07) is 14.8. The molecule has 0 N–H and O–H groups in total. The standard InChI is InChI=1S/C16H17Cl/c1-11-10-16(17)12(2)9-15(11)13(3)14-7-5-4-6-8-14/h4-10,13H,1-3H3. The highest BCUT2D eigenvalue weighted by Gasteiger charge is 2.12. The predicted octanol–water partition coefficient (Wildman–Crippen LogP) is 5.11. The third-order valence-corrected chi connectivity index (χ3v) is 3.72. The average Bonchev–Trinajstić information content (AvgIpc) is 2.34. The molecule has 2 aromatic rings. The molecule has 0 aromatic heterocycles. The molecule has 0 saturated carbocycles. The Hall–Kier alpha value is -1.27. The molecule has 0 aliphatic carbocycles. The highest BCUT2D eigenvalue weighted by atomic mass is 35.5. The van der Waals surface area contributed by atoms with Crippen LogP contribution in [-0.4, -0.2) is 0 Å². The molecular weight excluding hydrogens is 228 g/mol. The highest BCUT2D eigenvalue weighted by Crippen LogP contribution is 2.30. The Morgan fingerprint density at radius 2 is 1.59 bits per heavy atom. The Labute approximate surface area is 108 Å². The van der Waals surface area contributed by atoms with Crippen LogP contribution in [0.2, 0.25) is 5.02 Å². The number of halogens is 1. The van der Waals surface area contributed by atoms with E-state index in [0.717, 1.165) is 10.6 Å². The van der Waals surface area contributed by atoms with Gasteiger partial charge in [-0.25, -0.2) is 0 Å². The minimum absolute atomic E-state index is 0.409. The largest absolute Gasteiger partial charge is 0.0840 e. The fourth-order valence-electron chi connectivity index (χ4n) is 2.19. The predicted molar refractivity (Wildman–Crippen MR) is 74.9 cm³/mol. The van der Waals surface area contributed by atoms with Crippen molar-refractivity contribution < 1.29 is 0 Å². The van der Waals surface area contributed by atoms with E-state index >= 15 is 0 Å². The smallest absolute Gasteiger partial charge is 0.0438 e. The van der Waals surface area contributed by atoms with Gasteiger partial charge < -0.3 is 0 Å². The van der Waals surface area contributed by atoms with Gasteiger partial charge >= 0.3 is 0 Å². The van der Waals surface area contributed by atoms with Gasteiger partial charge in [0, 0.05) is 10.9 Å². The van der Waals surface area contributed by atoms with E-state index in [1.165, 1.54) is 16.7 Å². The number of aryl methyl sites for hydroxylation is 2. The first-order chi connectivity index (χ1) is 8.09. The lowest BCUT2D eigenvalue weighted by Crippen LogP contribution is -1.99. The van der Waals surface area contributed by atoms with Gasteiger partial charge in [0.2, 0.25) is 0 Å². The molecule has 0 amide bonds. The molecule has 0 saturated heterocycles. The molecule has 0 aliphatic rings. The maximum atomic E-state index is 6.14. The molecule has 2 aromatic carbocycles. The fraction of sp³-hybridized carbons (Fsp3) is 0.250.